The van der Waals surface area contributed by atoms with Crippen LogP contribution < -0.4 is 5.32 Å². The molecule has 1 aromatic carbocycles. The predicted molar refractivity (Wildman–Crippen MR) is 83.4 cm³/mol. The van der Waals surface area contributed by atoms with Crippen molar-refractivity contribution in [3.05, 3.63) is 35.4 Å². The minimum Gasteiger partial charge on any atom is -0.309 e. The highest BCUT2D eigenvalue weighted by Crippen LogP contribution is 2.44. The van der Waals surface area contributed by atoms with E-state index in [1.165, 1.54) is 36.8 Å². The van der Waals surface area contributed by atoms with Gasteiger partial charge in [-0.15, -0.1) is 0 Å². The fraction of sp³-hybridized carbons (Fsp3) is 0.667. The van der Waals surface area contributed by atoms with Gasteiger partial charge in [0.25, 0.3) is 0 Å². The average molecular weight is 259 g/mol. The van der Waals surface area contributed by atoms with Crippen molar-refractivity contribution in [3.8, 4) is 0 Å². The Labute approximate surface area is 118 Å². The summed E-state index contributed by atoms with van der Waals surface area (Å²) in [7, 11) is 0. The van der Waals surface area contributed by atoms with Gasteiger partial charge in [-0.2, -0.15) is 0 Å². The maximum Gasteiger partial charge on any atom is 0.0377 e. The van der Waals surface area contributed by atoms with Gasteiger partial charge in [0.1, 0.15) is 0 Å². The quantitative estimate of drug-likeness (QED) is 0.728. The van der Waals surface area contributed by atoms with Crippen molar-refractivity contribution in [3.63, 3.8) is 0 Å². The zero-order valence-electron chi connectivity index (χ0n) is 13.0. The molecule has 0 saturated carbocycles. The molecule has 1 heteroatoms. The predicted octanol–water partition coefficient (Wildman–Crippen LogP) is 4.73. The van der Waals surface area contributed by atoms with Crippen LogP contribution in [-0.4, -0.2) is 6.54 Å². The first-order valence-electron chi connectivity index (χ1n) is 7.82. The smallest absolute Gasteiger partial charge is 0.0377 e. The van der Waals surface area contributed by atoms with Gasteiger partial charge in [-0.1, -0.05) is 64.8 Å². The minimum atomic E-state index is 0.349. The second kappa shape index (κ2) is 6.09. The van der Waals surface area contributed by atoms with Crippen LogP contribution in [-0.2, 0) is 6.42 Å². The molecule has 1 nitrogen and oxygen atoms in total. The summed E-state index contributed by atoms with van der Waals surface area (Å²) >= 11 is 0. The molecule has 0 aromatic heterocycles. The molecular formula is C18H29N. The van der Waals surface area contributed by atoms with Gasteiger partial charge in [0.2, 0.25) is 0 Å². The van der Waals surface area contributed by atoms with Crippen molar-refractivity contribution in [2.75, 3.05) is 6.54 Å². The Bertz CT molecular complexity index is 406. The number of hydrogen-bond donors (Lipinski definition) is 1. The molecule has 1 atom stereocenters. The molecule has 1 aliphatic carbocycles. The standard InChI is InChI=1S/C18H29N/c1-14(2)9-7-8-12-19-17-16-11-6-5-10-15(16)13-18(17,3)4/h5-6,10-11,14,17,19H,7-9,12-13H2,1-4H3. The fourth-order valence-electron chi connectivity index (χ4n) is 3.30. The SMILES string of the molecule is CC(C)CCCCNC1c2ccccc2CC1(C)C. The fourth-order valence-corrected chi connectivity index (χ4v) is 3.30. The van der Waals surface area contributed by atoms with Gasteiger partial charge in [0.05, 0.1) is 0 Å². The summed E-state index contributed by atoms with van der Waals surface area (Å²) in [5, 5.41) is 3.80. The van der Waals surface area contributed by atoms with Crippen LogP contribution in [0.5, 0.6) is 0 Å². The minimum absolute atomic E-state index is 0.349. The molecule has 0 aliphatic heterocycles. The molecule has 0 saturated heterocycles. The lowest BCUT2D eigenvalue weighted by Crippen LogP contribution is -2.31. The zero-order valence-corrected chi connectivity index (χ0v) is 13.0. The van der Waals surface area contributed by atoms with Crippen LogP contribution in [0.4, 0.5) is 0 Å². The first-order chi connectivity index (χ1) is 9.00. The van der Waals surface area contributed by atoms with Crippen molar-refractivity contribution in [2.45, 2.75) is 59.4 Å². The lowest BCUT2D eigenvalue weighted by atomic mass is 9.85. The van der Waals surface area contributed by atoms with Gasteiger partial charge in [-0.05, 0) is 41.8 Å². The highest BCUT2D eigenvalue weighted by Gasteiger charge is 2.37. The lowest BCUT2D eigenvalue weighted by molar-refractivity contribution is 0.268. The third-order valence-corrected chi connectivity index (χ3v) is 4.35. The van der Waals surface area contributed by atoms with Crippen LogP contribution >= 0.6 is 0 Å². The monoisotopic (exact) mass is 259 g/mol. The molecule has 2 rings (SSSR count). The van der Waals surface area contributed by atoms with Crippen molar-refractivity contribution in [1.29, 1.82) is 0 Å². The molecule has 1 N–H and O–H groups in total. The van der Waals surface area contributed by atoms with E-state index in [-0.39, 0.29) is 0 Å². The van der Waals surface area contributed by atoms with Gasteiger partial charge in [-0.25, -0.2) is 0 Å². The second-order valence-electron chi connectivity index (χ2n) is 7.14. The molecule has 0 heterocycles. The number of rotatable bonds is 6. The average Bonchev–Trinajstić information content (AvgIpc) is 2.59. The van der Waals surface area contributed by atoms with Crippen LogP contribution in [0, 0.1) is 11.3 Å². The van der Waals surface area contributed by atoms with Gasteiger partial charge in [-0.3, -0.25) is 0 Å². The van der Waals surface area contributed by atoms with Crippen molar-refractivity contribution < 1.29 is 0 Å². The first kappa shape index (κ1) is 14.6. The van der Waals surface area contributed by atoms with E-state index in [0.717, 1.165) is 12.5 Å². The van der Waals surface area contributed by atoms with Crippen LogP contribution in [0.1, 0.15) is 64.1 Å². The summed E-state index contributed by atoms with van der Waals surface area (Å²) in [4.78, 5) is 0. The number of benzene rings is 1. The molecule has 0 radical (unpaired) electrons. The second-order valence-corrected chi connectivity index (χ2v) is 7.14. The largest absolute Gasteiger partial charge is 0.309 e. The Morgan fingerprint density at radius 2 is 1.95 bits per heavy atom. The Kier molecular flexibility index (Phi) is 4.67. The number of hydrogen-bond acceptors (Lipinski definition) is 1. The molecule has 0 amide bonds. The lowest BCUT2D eigenvalue weighted by Gasteiger charge is -2.28. The molecule has 1 unspecified atom stereocenters. The number of nitrogens with one attached hydrogen (secondary N) is 1. The molecule has 1 aliphatic rings. The Hall–Kier alpha value is -0.820. The summed E-state index contributed by atoms with van der Waals surface area (Å²) in [6.45, 7) is 10.5. The zero-order chi connectivity index (χ0) is 13.9. The highest BCUT2D eigenvalue weighted by atomic mass is 14.9. The topological polar surface area (TPSA) is 12.0 Å². The number of fused-ring (bicyclic) bond motifs is 1. The van der Waals surface area contributed by atoms with E-state index < -0.39 is 0 Å². The molecule has 0 fully saturated rings. The van der Waals surface area contributed by atoms with Gasteiger partial charge in [0.15, 0.2) is 0 Å². The summed E-state index contributed by atoms with van der Waals surface area (Å²) in [6, 6.07) is 9.46. The van der Waals surface area contributed by atoms with E-state index in [0.29, 0.717) is 11.5 Å². The Balaban J connectivity index is 1.88. The van der Waals surface area contributed by atoms with Gasteiger partial charge < -0.3 is 5.32 Å². The summed E-state index contributed by atoms with van der Waals surface area (Å²) < 4.78 is 0. The van der Waals surface area contributed by atoms with Crippen molar-refractivity contribution in [1.82, 2.24) is 5.32 Å². The van der Waals surface area contributed by atoms with Gasteiger partial charge >= 0.3 is 0 Å². The summed E-state index contributed by atoms with van der Waals surface area (Å²) in [6.07, 6.45) is 5.20. The first-order valence-corrected chi connectivity index (χ1v) is 7.82. The van der Waals surface area contributed by atoms with E-state index >= 15 is 0 Å². The third kappa shape index (κ3) is 3.60. The normalized spacial score (nSPS) is 20.8. The highest BCUT2D eigenvalue weighted by molar-refractivity contribution is 5.37. The van der Waals surface area contributed by atoms with Crippen LogP contribution in [0.15, 0.2) is 24.3 Å². The molecule has 1 aromatic rings. The third-order valence-electron chi connectivity index (χ3n) is 4.35. The summed E-state index contributed by atoms with van der Waals surface area (Å²) in [5.41, 5.74) is 3.41. The van der Waals surface area contributed by atoms with Gasteiger partial charge in [0, 0.05) is 6.04 Å². The van der Waals surface area contributed by atoms with E-state index in [1.54, 1.807) is 0 Å². The van der Waals surface area contributed by atoms with Crippen LogP contribution in [0.2, 0.25) is 0 Å². The van der Waals surface area contributed by atoms with Crippen LogP contribution in [0.3, 0.4) is 0 Å². The van der Waals surface area contributed by atoms with Crippen molar-refractivity contribution in [2.24, 2.45) is 11.3 Å². The maximum atomic E-state index is 3.80. The Morgan fingerprint density at radius 1 is 1.21 bits per heavy atom. The Morgan fingerprint density at radius 3 is 2.68 bits per heavy atom. The van der Waals surface area contributed by atoms with E-state index in [2.05, 4.69) is 57.3 Å². The van der Waals surface area contributed by atoms with E-state index in [9.17, 15) is 0 Å². The number of unbranched alkanes of at least 4 members (excludes halogenated alkanes) is 1. The summed E-state index contributed by atoms with van der Waals surface area (Å²) in [5.74, 6) is 0.837. The molecule has 0 bridgehead atoms. The maximum absolute atomic E-state index is 3.80. The molecule has 106 valence electrons. The van der Waals surface area contributed by atoms with E-state index in [1.807, 2.05) is 0 Å². The molecule has 19 heavy (non-hydrogen) atoms. The van der Waals surface area contributed by atoms with E-state index in [4.69, 9.17) is 0 Å². The van der Waals surface area contributed by atoms with Crippen LogP contribution in [0.25, 0.3) is 0 Å². The molecular weight excluding hydrogens is 230 g/mol. The van der Waals surface area contributed by atoms with Crippen molar-refractivity contribution >= 4 is 0 Å². The molecule has 0 spiro atoms.